The molecule has 0 amide bonds. The molecule has 2 heterocycles. The number of aromatic nitrogens is 1. The number of ether oxygens (including phenoxy) is 2. The first-order valence-corrected chi connectivity index (χ1v) is 11.7. The second-order valence-electron chi connectivity index (χ2n) is 9.09. The molecule has 33 heavy (non-hydrogen) atoms. The summed E-state index contributed by atoms with van der Waals surface area (Å²) >= 11 is 3.52. The van der Waals surface area contributed by atoms with Crippen LogP contribution in [0.4, 0.5) is 0 Å². The molecule has 2 unspecified atom stereocenters. The average Bonchev–Trinajstić information content (AvgIpc) is 3.18. The number of benzene rings is 2. The molecule has 1 aromatic heterocycles. The minimum absolute atomic E-state index is 0.318. The molecule has 172 valence electrons. The first kappa shape index (κ1) is 22.3. The van der Waals surface area contributed by atoms with Gasteiger partial charge in [-0.3, -0.25) is 4.98 Å². The molecule has 2 N–H and O–H groups in total. The predicted molar refractivity (Wildman–Crippen MR) is 128 cm³/mol. The Morgan fingerprint density at radius 1 is 1.09 bits per heavy atom. The molecule has 7 heteroatoms. The lowest BCUT2D eigenvalue weighted by molar-refractivity contribution is -0.152. The molecule has 6 nitrogen and oxygen atoms in total. The number of aliphatic hydroxyl groups excluding tert-OH is 1. The zero-order chi connectivity index (χ0) is 23.4. The van der Waals surface area contributed by atoms with Crippen LogP contribution in [0.25, 0.3) is 0 Å². The van der Waals surface area contributed by atoms with Crippen molar-refractivity contribution in [1.29, 1.82) is 0 Å². The summed E-state index contributed by atoms with van der Waals surface area (Å²) in [5, 5.41) is 24.5. The molecule has 5 rings (SSSR count). The van der Waals surface area contributed by atoms with Crippen LogP contribution >= 0.6 is 15.9 Å². The maximum atomic E-state index is 12.6. The van der Waals surface area contributed by atoms with Crippen molar-refractivity contribution in [3.63, 3.8) is 0 Å². The van der Waals surface area contributed by atoms with E-state index in [1.165, 1.54) is 7.11 Å². The lowest BCUT2D eigenvalue weighted by Gasteiger charge is -2.41. The number of pyridine rings is 1. The van der Waals surface area contributed by atoms with E-state index in [0.29, 0.717) is 23.6 Å². The molecule has 2 aliphatic rings. The zero-order valence-corrected chi connectivity index (χ0v) is 20.4. The Morgan fingerprint density at radius 3 is 2.42 bits per heavy atom. The topological polar surface area (TPSA) is 75.0 Å². The van der Waals surface area contributed by atoms with E-state index >= 15 is 0 Å². The van der Waals surface area contributed by atoms with Gasteiger partial charge in [0.25, 0.3) is 0 Å². The van der Waals surface area contributed by atoms with Gasteiger partial charge in [-0.05, 0) is 37.4 Å². The molecule has 0 radical (unpaired) electrons. The number of halogens is 1. The van der Waals surface area contributed by atoms with Crippen molar-refractivity contribution in [3.8, 4) is 11.5 Å². The lowest BCUT2D eigenvalue weighted by atomic mass is 9.70. The van der Waals surface area contributed by atoms with Crippen molar-refractivity contribution in [2.75, 3.05) is 27.7 Å². The Bertz CT molecular complexity index is 1160. The molecular weight excluding hydrogens is 484 g/mol. The highest BCUT2D eigenvalue weighted by molar-refractivity contribution is 9.10. The number of rotatable bonds is 5. The monoisotopic (exact) mass is 510 g/mol. The van der Waals surface area contributed by atoms with Crippen LogP contribution in [-0.2, 0) is 11.2 Å². The van der Waals surface area contributed by atoms with Gasteiger partial charge in [0.05, 0.1) is 31.2 Å². The number of methoxy groups -OCH3 is 1. The van der Waals surface area contributed by atoms with Gasteiger partial charge in [-0.2, -0.15) is 0 Å². The minimum atomic E-state index is -1.76. The van der Waals surface area contributed by atoms with Crippen LogP contribution < -0.4 is 9.47 Å². The van der Waals surface area contributed by atoms with E-state index < -0.39 is 17.3 Å². The summed E-state index contributed by atoms with van der Waals surface area (Å²) in [5.74, 6) is 0.148. The molecular formula is C26H27BrN2O4. The van der Waals surface area contributed by atoms with Crippen LogP contribution in [0, 0.1) is 5.92 Å². The summed E-state index contributed by atoms with van der Waals surface area (Å²) in [5.41, 5.74) is -0.834. The summed E-state index contributed by atoms with van der Waals surface area (Å²) < 4.78 is 13.3. The quantitative estimate of drug-likeness (QED) is 0.545. The molecule has 1 saturated carbocycles. The number of nitrogens with zero attached hydrogens (tertiary/aromatic N) is 2. The largest absolute Gasteiger partial charge is 0.495 e. The van der Waals surface area contributed by atoms with Crippen LogP contribution in [-0.4, -0.2) is 54.0 Å². The van der Waals surface area contributed by atoms with E-state index in [4.69, 9.17) is 9.47 Å². The van der Waals surface area contributed by atoms with Crippen molar-refractivity contribution in [2.24, 2.45) is 5.92 Å². The molecule has 0 spiro atoms. The highest BCUT2D eigenvalue weighted by Gasteiger charge is 2.76. The third kappa shape index (κ3) is 3.06. The number of hydrogen-bond donors (Lipinski definition) is 2. The summed E-state index contributed by atoms with van der Waals surface area (Å²) in [6, 6.07) is 17.7. The van der Waals surface area contributed by atoms with Gasteiger partial charge >= 0.3 is 0 Å². The maximum Gasteiger partial charge on any atom is 0.177 e. The van der Waals surface area contributed by atoms with Crippen molar-refractivity contribution in [1.82, 2.24) is 9.88 Å². The van der Waals surface area contributed by atoms with Gasteiger partial charge < -0.3 is 24.6 Å². The second-order valence-corrected chi connectivity index (χ2v) is 10.0. The van der Waals surface area contributed by atoms with Gasteiger partial charge in [0.15, 0.2) is 11.2 Å². The molecule has 0 bridgehead atoms. The summed E-state index contributed by atoms with van der Waals surface area (Å²) in [6.07, 6.45) is 2.03. The first-order valence-electron chi connectivity index (χ1n) is 10.9. The Kier molecular flexibility index (Phi) is 5.48. The van der Waals surface area contributed by atoms with E-state index in [9.17, 15) is 10.2 Å². The van der Waals surface area contributed by atoms with Gasteiger partial charge in [0.1, 0.15) is 11.5 Å². The van der Waals surface area contributed by atoms with E-state index in [0.717, 1.165) is 15.6 Å². The molecule has 3 aromatic rings. The average molecular weight is 511 g/mol. The minimum Gasteiger partial charge on any atom is -0.495 e. The van der Waals surface area contributed by atoms with Crippen LogP contribution in [0.15, 0.2) is 71.5 Å². The van der Waals surface area contributed by atoms with E-state index in [2.05, 4.69) is 20.9 Å². The Balaban J connectivity index is 1.86. The fourth-order valence-corrected chi connectivity index (χ4v) is 6.12. The molecule has 1 aliphatic carbocycles. The maximum absolute atomic E-state index is 12.6. The highest BCUT2D eigenvalue weighted by atomic mass is 79.9. The summed E-state index contributed by atoms with van der Waals surface area (Å²) in [7, 11) is 5.48. The Labute approximate surface area is 201 Å². The van der Waals surface area contributed by atoms with Crippen LogP contribution in [0.2, 0.25) is 0 Å². The molecule has 1 fully saturated rings. The lowest BCUT2D eigenvalue weighted by Crippen LogP contribution is -2.52. The normalized spacial score (nSPS) is 30.1. The molecule has 1 aliphatic heterocycles. The van der Waals surface area contributed by atoms with E-state index in [-0.39, 0.29) is 11.8 Å². The van der Waals surface area contributed by atoms with Gasteiger partial charge in [0.2, 0.25) is 0 Å². The highest BCUT2D eigenvalue weighted by Crippen LogP contribution is 2.69. The zero-order valence-electron chi connectivity index (χ0n) is 18.8. The number of fused-ring (bicyclic) bond motifs is 3. The standard InChI is InChI=1S/C26H27BrN2O4/c1-29(2)15-19-22(16-7-5-4-6-8-16)26(17-9-11-18(27)12-10-17)25(31,24(19)30)23-20(32-3)13-28-14-21(23)33-26/h4-14,19,22,24,30-31H,15H2,1-3H3/t19-,22?,24-,25+,26?/m1/s1. The van der Waals surface area contributed by atoms with Crippen molar-refractivity contribution in [3.05, 3.63) is 88.2 Å². The number of hydrogen-bond acceptors (Lipinski definition) is 6. The van der Waals surface area contributed by atoms with Gasteiger partial charge in [-0.15, -0.1) is 0 Å². The van der Waals surface area contributed by atoms with Gasteiger partial charge in [-0.25, -0.2) is 0 Å². The first-order chi connectivity index (χ1) is 15.8. The van der Waals surface area contributed by atoms with Crippen molar-refractivity contribution < 1.29 is 19.7 Å². The summed E-state index contributed by atoms with van der Waals surface area (Å²) in [4.78, 5) is 6.29. The summed E-state index contributed by atoms with van der Waals surface area (Å²) in [6.45, 7) is 0.563. The van der Waals surface area contributed by atoms with Crippen LogP contribution in [0.5, 0.6) is 11.5 Å². The van der Waals surface area contributed by atoms with Gasteiger partial charge in [0, 0.05) is 22.9 Å². The smallest absolute Gasteiger partial charge is 0.177 e. The second kappa shape index (κ2) is 8.09. The fourth-order valence-electron chi connectivity index (χ4n) is 5.85. The Hall–Kier alpha value is -2.45. The van der Waals surface area contributed by atoms with E-state index in [1.54, 1.807) is 12.4 Å². The fraction of sp³-hybridized carbons (Fsp3) is 0.346. The SMILES string of the molecule is COc1cncc2c1[C@]1(O)[C@H](O)[C@H](CN(C)C)C(c3ccccc3)C1(c1ccc(Br)cc1)O2. The predicted octanol–water partition coefficient (Wildman–Crippen LogP) is 3.66. The molecule has 2 aromatic carbocycles. The molecule has 5 atom stereocenters. The Morgan fingerprint density at radius 2 is 1.79 bits per heavy atom. The van der Waals surface area contributed by atoms with Crippen molar-refractivity contribution >= 4 is 15.9 Å². The third-order valence-electron chi connectivity index (χ3n) is 7.02. The van der Waals surface area contributed by atoms with Crippen molar-refractivity contribution in [2.45, 2.75) is 23.2 Å². The molecule has 0 saturated heterocycles. The third-order valence-corrected chi connectivity index (χ3v) is 7.55. The van der Waals surface area contributed by atoms with E-state index in [1.807, 2.05) is 73.6 Å². The van der Waals surface area contributed by atoms with Gasteiger partial charge in [-0.1, -0.05) is 58.4 Å². The van der Waals surface area contributed by atoms with Crippen LogP contribution in [0.1, 0.15) is 22.6 Å². The number of aliphatic hydroxyl groups is 2. The van der Waals surface area contributed by atoms with Crippen LogP contribution in [0.3, 0.4) is 0 Å².